The Kier molecular flexibility index (Phi) is 7.02. The zero-order valence-corrected chi connectivity index (χ0v) is 9.13. The number of amides is 1. The first kappa shape index (κ1) is 13.1. The van der Waals surface area contributed by atoms with Gasteiger partial charge in [-0.25, -0.2) is 0 Å². The molecular weight excluding hydrogens is 182 g/mol. The lowest BCUT2D eigenvalue weighted by Crippen LogP contribution is -2.32. The van der Waals surface area contributed by atoms with E-state index < -0.39 is 0 Å². The Labute approximate surface area is 85.0 Å². The summed E-state index contributed by atoms with van der Waals surface area (Å²) < 4.78 is 5.24. The lowest BCUT2D eigenvalue weighted by Gasteiger charge is -2.12. The third-order valence-electron chi connectivity index (χ3n) is 1.74. The SMILES string of the molecule is CCOC(C)CNC(=O)CCC(C)=O. The molecule has 4 heteroatoms. The molecule has 0 aliphatic rings. The quantitative estimate of drug-likeness (QED) is 0.665. The van der Waals surface area contributed by atoms with Crippen LogP contribution in [-0.2, 0) is 14.3 Å². The lowest BCUT2D eigenvalue weighted by atomic mass is 10.2. The molecule has 1 amide bonds. The van der Waals surface area contributed by atoms with Crippen molar-refractivity contribution in [3.63, 3.8) is 0 Å². The Morgan fingerprint density at radius 3 is 2.50 bits per heavy atom. The second-order valence-electron chi connectivity index (χ2n) is 3.27. The summed E-state index contributed by atoms with van der Waals surface area (Å²) in [6.07, 6.45) is 0.615. The zero-order chi connectivity index (χ0) is 11.0. The van der Waals surface area contributed by atoms with Gasteiger partial charge in [0.25, 0.3) is 0 Å². The van der Waals surface area contributed by atoms with Crippen LogP contribution in [-0.4, -0.2) is 30.9 Å². The fraction of sp³-hybridized carbons (Fsp3) is 0.800. The predicted octanol–water partition coefficient (Wildman–Crippen LogP) is 0.897. The van der Waals surface area contributed by atoms with Crippen LogP contribution >= 0.6 is 0 Å². The van der Waals surface area contributed by atoms with Crippen LogP contribution in [0, 0.1) is 0 Å². The van der Waals surface area contributed by atoms with Crippen molar-refractivity contribution >= 4 is 11.7 Å². The minimum Gasteiger partial charge on any atom is -0.377 e. The van der Waals surface area contributed by atoms with Crippen molar-refractivity contribution in [2.75, 3.05) is 13.2 Å². The molecule has 14 heavy (non-hydrogen) atoms. The van der Waals surface area contributed by atoms with Crippen molar-refractivity contribution in [2.45, 2.75) is 39.7 Å². The van der Waals surface area contributed by atoms with E-state index in [2.05, 4.69) is 5.32 Å². The molecule has 0 aromatic carbocycles. The molecule has 1 N–H and O–H groups in total. The summed E-state index contributed by atoms with van der Waals surface area (Å²) >= 11 is 0. The molecule has 0 aromatic heterocycles. The number of hydrogen-bond donors (Lipinski definition) is 1. The average Bonchev–Trinajstić information content (AvgIpc) is 2.12. The van der Waals surface area contributed by atoms with Gasteiger partial charge in [-0.15, -0.1) is 0 Å². The van der Waals surface area contributed by atoms with Crippen LogP contribution < -0.4 is 5.32 Å². The highest BCUT2D eigenvalue weighted by Crippen LogP contribution is 1.92. The van der Waals surface area contributed by atoms with Gasteiger partial charge in [0.1, 0.15) is 5.78 Å². The van der Waals surface area contributed by atoms with Crippen LogP contribution in [0.5, 0.6) is 0 Å². The molecule has 0 aliphatic carbocycles. The molecule has 0 aliphatic heterocycles. The van der Waals surface area contributed by atoms with Gasteiger partial charge >= 0.3 is 0 Å². The summed E-state index contributed by atoms with van der Waals surface area (Å²) in [5, 5.41) is 2.71. The fourth-order valence-corrected chi connectivity index (χ4v) is 0.979. The molecule has 0 saturated carbocycles. The first-order chi connectivity index (χ1) is 6.56. The van der Waals surface area contributed by atoms with Gasteiger partial charge in [0.2, 0.25) is 5.91 Å². The Morgan fingerprint density at radius 1 is 1.36 bits per heavy atom. The first-order valence-electron chi connectivity index (χ1n) is 4.94. The van der Waals surface area contributed by atoms with Gasteiger partial charge in [0.05, 0.1) is 6.10 Å². The average molecular weight is 201 g/mol. The highest BCUT2D eigenvalue weighted by Gasteiger charge is 2.05. The number of Topliss-reactive ketones (excluding diaryl/α,β-unsaturated/α-hetero) is 1. The van der Waals surface area contributed by atoms with Gasteiger partial charge in [-0.2, -0.15) is 0 Å². The Balaban J connectivity index is 3.48. The van der Waals surface area contributed by atoms with Gasteiger partial charge in [-0.1, -0.05) is 0 Å². The minimum absolute atomic E-state index is 0.0290. The van der Waals surface area contributed by atoms with E-state index in [-0.39, 0.29) is 24.2 Å². The maximum absolute atomic E-state index is 11.1. The number of hydrogen-bond acceptors (Lipinski definition) is 3. The highest BCUT2D eigenvalue weighted by molar-refractivity contribution is 5.83. The molecule has 0 aromatic rings. The van der Waals surface area contributed by atoms with Crippen LogP contribution in [0.3, 0.4) is 0 Å². The Morgan fingerprint density at radius 2 is 2.00 bits per heavy atom. The van der Waals surface area contributed by atoms with E-state index in [4.69, 9.17) is 4.74 Å². The zero-order valence-electron chi connectivity index (χ0n) is 9.13. The van der Waals surface area contributed by atoms with E-state index in [1.165, 1.54) is 6.92 Å². The van der Waals surface area contributed by atoms with Crippen LogP contribution in [0.2, 0.25) is 0 Å². The van der Waals surface area contributed by atoms with Crippen molar-refractivity contribution < 1.29 is 14.3 Å². The van der Waals surface area contributed by atoms with Crippen LogP contribution in [0.25, 0.3) is 0 Å². The third kappa shape index (κ3) is 7.73. The van der Waals surface area contributed by atoms with Crippen molar-refractivity contribution in [1.82, 2.24) is 5.32 Å². The molecule has 82 valence electrons. The number of ether oxygens (including phenoxy) is 1. The van der Waals surface area contributed by atoms with E-state index in [0.717, 1.165) is 0 Å². The van der Waals surface area contributed by atoms with Gasteiger partial charge < -0.3 is 14.8 Å². The smallest absolute Gasteiger partial charge is 0.220 e. The largest absolute Gasteiger partial charge is 0.377 e. The molecule has 0 rings (SSSR count). The summed E-state index contributed by atoms with van der Waals surface area (Å²) in [6.45, 7) is 6.44. The second-order valence-corrected chi connectivity index (χ2v) is 3.27. The number of nitrogens with one attached hydrogen (secondary N) is 1. The topological polar surface area (TPSA) is 55.4 Å². The van der Waals surface area contributed by atoms with Crippen LogP contribution in [0.1, 0.15) is 33.6 Å². The van der Waals surface area contributed by atoms with E-state index >= 15 is 0 Å². The van der Waals surface area contributed by atoms with E-state index in [9.17, 15) is 9.59 Å². The summed E-state index contributed by atoms with van der Waals surface area (Å²) in [4.78, 5) is 21.7. The number of carbonyl (C=O) groups excluding carboxylic acids is 2. The second kappa shape index (κ2) is 7.50. The van der Waals surface area contributed by atoms with E-state index in [1.807, 2.05) is 13.8 Å². The van der Waals surface area contributed by atoms with Crippen molar-refractivity contribution in [3.8, 4) is 0 Å². The maximum atomic E-state index is 11.1. The molecule has 1 unspecified atom stereocenters. The molecule has 0 spiro atoms. The molecule has 1 atom stereocenters. The highest BCUT2D eigenvalue weighted by atomic mass is 16.5. The molecule has 0 bridgehead atoms. The van der Waals surface area contributed by atoms with Gasteiger partial charge in [-0.05, 0) is 20.8 Å². The third-order valence-corrected chi connectivity index (χ3v) is 1.74. The van der Waals surface area contributed by atoms with Crippen molar-refractivity contribution in [2.24, 2.45) is 0 Å². The van der Waals surface area contributed by atoms with Gasteiger partial charge in [-0.3, -0.25) is 4.79 Å². The molecule has 0 saturated heterocycles. The summed E-state index contributed by atoms with van der Waals surface area (Å²) in [5.74, 6) is -0.0511. The maximum Gasteiger partial charge on any atom is 0.220 e. The molecule has 0 fully saturated rings. The lowest BCUT2D eigenvalue weighted by molar-refractivity contribution is -0.125. The number of carbonyl (C=O) groups is 2. The van der Waals surface area contributed by atoms with E-state index in [1.54, 1.807) is 0 Å². The predicted molar refractivity (Wildman–Crippen MR) is 54.0 cm³/mol. The van der Waals surface area contributed by atoms with Crippen molar-refractivity contribution in [3.05, 3.63) is 0 Å². The summed E-state index contributed by atoms with van der Waals surface area (Å²) in [6, 6.07) is 0. The molecule has 4 nitrogen and oxygen atoms in total. The van der Waals surface area contributed by atoms with E-state index in [0.29, 0.717) is 19.6 Å². The number of ketones is 1. The normalized spacial score (nSPS) is 12.2. The van der Waals surface area contributed by atoms with Crippen molar-refractivity contribution in [1.29, 1.82) is 0 Å². The Bertz CT molecular complexity index is 192. The first-order valence-corrected chi connectivity index (χ1v) is 4.94. The van der Waals surface area contributed by atoms with Gasteiger partial charge in [0, 0.05) is 26.0 Å². The molecule has 0 heterocycles. The summed E-state index contributed by atoms with van der Waals surface area (Å²) in [7, 11) is 0. The minimum atomic E-state index is -0.0910. The molecule has 0 radical (unpaired) electrons. The Hall–Kier alpha value is -0.900. The standard InChI is InChI=1S/C10H19NO3/c1-4-14-9(3)7-11-10(13)6-5-8(2)12/h9H,4-7H2,1-3H3,(H,11,13). The number of rotatable bonds is 7. The summed E-state index contributed by atoms with van der Waals surface area (Å²) in [5.41, 5.74) is 0. The fourth-order valence-electron chi connectivity index (χ4n) is 0.979. The monoisotopic (exact) mass is 201 g/mol. The molecular formula is C10H19NO3. The van der Waals surface area contributed by atoms with Crippen LogP contribution in [0.15, 0.2) is 0 Å². The van der Waals surface area contributed by atoms with Gasteiger partial charge in [0.15, 0.2) is 0 Å². The van der Waals surface area contributed by atoms with Crippen LogP contribution in [0.4, 0.5) is 0 Å².